The van der Waals surface area contributed by atoms with Crippen LogP contribution in [0.1, 0.15) is 6.85 Å². The topological polar surface area (TPSA) is 124 Å². The molecule has 0 bridgehead atoms. The number of rotatable bonds is 2. The van der Waals surface area contributed by atoms with Crippen molar-refractivity contribution in [2.75, 3.05) is 6.56 Å². The van der Waals surface area contributed by atoms with E-state index in [0.29, 0.717) is 4.90 Å². The smallest absolute Gasteiger partial charge is 0.223 e. The molecule has 2 heterocycles. The lowest BCUT2D eigenvalue weighted by Crippen LogP contribution is -2.44. The highest BCUT2D eigenvalue weighted by Gasteiger charge is 2.45. The summed E-state index contributed by atoms with van der Waals surface area (Å²) in [6.45, 7) is -0.0488. The number of hydrogen-bond donors (Lipinski definition) is 4. The largest absolute Gasteiger partial charge is 0.394 e. The van der Waals surface area contributed by atoms with Crippen molar-refractivity contribution in [3.8, 4) is 0 Å². The van der Waals surface area contributed by atoms with Gasteiger partial charge in [0.2, 0.25) is 5.96 Å². The minimum Gasteiger partial charge on any atom is -0.394 e. The summed E-state index contributed by atoms with van der Waals surface area (Å²) in [6.07, 6.45) is -11.1. The molecule has 2 aliphatic rings. The van der Waals surface area contributed by atoms with E-state index in [4.69, 9.17) is 17.3 Å². The van der Waals surface area contributed by atoms with Crippen molar-refractivity contribution in [1.82, 2.24) is 4.90 Å². The minimum absolute atomic E-state index is 0.236. The Morgan fingerprint density at radius 2 is 2.47 bits per heavy atom. The number of aliphatic hydroxyl groups is 3. The van der Waals surface area contributed by atoms with Crippen LogP contribution in [0.25, 0.3) is 0 Å². The van der Waals surface area contributed by atoms with E-state index in [1.807, 2.05) is 0 Å². The fourth-order valence-electron chi connectivity index (χ4n) is 1.37. The van der Waals surface area contributed by atoms with Crippen LogP contribution < -0.4 is 5.73 Å². The first kappa shape index (κ1) is 7.07. The Balaban J connectivity index is 2.44. The molecule has 1 unspecified atom stereocenters. The van der Waals surface area contributed by atoms with Gasteiger partial charge in [0.15, 0.2) is 6.23 Å². The van der Waals surface area contributed by atoms with Crippen molar-refractivity contribution in [1.29, 1.82) is 0 Å². The fourth-order valence-corrected chi connectivity index (χ4v) is 1.37. The number of nitrogens with zero attached hydrogens (tertiary/aromatic N) is 3. The van der Waals surface area contributed by atoms with E-state index in [1.54, 1.807) is 0 Å². The van der Waals surface area contributed by atoms with Gasteiger partial charge >= 0.3 is 0 Å². The molecule has 0 amide bonds. The monoisotopic (exact) mass is 247 g/mol. The molecule has 1 saturated heterocycles. The molecule has 0 saturated carbocycles. The predicted molar refractivity (Wildman–Crippen MR) is 58.9 cm³/mol. The van der Waals surface area contributed by atoms with Gasteiger partial charge < -0.3 is 25.8 Å². The van der Waals surface area contributed by atoms with Crippen molar-refractivity contribution in [3.63, 3.8) is 0 Å². The minimum atomic E-state index is -3.49. The van der Waals surface area contributed by atoms with E-state index in [1.165, 1.54) is 0 Å². The van der Waals surface area contributed by atoms with Gasteiger partial charge in [-0.15, -0.1) is 0 Å². The zero-order valence-corrected chi connectivity index (χ0v) is 8.53. The average molecular weight is 247 g/mol. The van der Waals surface area contributed by atoms with Crippen LogP contribution >= 0.6 is 0 Å². The van der Waals surface area contributed by atoms with Crippen LogP contribution in [0.15, 0.2) is 22.4 Å². The quantitative estimate of drug-likeness (QED) is 0.429. The van der Waals surface area contributed by atoms with E-state index in [0.717, 1.165) is 0 Å². The third kappa shape index (κ3) is 2.03. The first-order chi connectivity index (χ1) is 9.83. The van der Waals surface area contributed by atoms with E-state index in [2.05, 4.69) is 16.6 Å². The van der Waals surface area contributed by atoms with Crippen LogP contribution in [0.5, 0.6) is 0 Å². The lowest BCUT2D eigenvalue weighted by Gasteiger charge is -2.29. The van der Waals surface area contributed by atoms with Gasteiger partial charge in [0.25, 0.3) is 0 Å². The molecule has 4 atom stereocenters. The highest BCUT2D eigenvalue weighted by Crippen LogP contribution is 2.26. The van der Waals surface area contributed by atoms with Gasteiger partial charge in [-0.3, -0.25) is 4.90 Å². The number of nitrogens with two attached hydrogens (primary N) is 1. The van der Waals surface area contributed by atoms with E-state index in [-0.39, 0.29) is 11.8 Å². The standard InChI is InChI=1S/C9H14N4O4/c1-4-12-9(10)11-3-13(4)8-7(16)6(15)5(2-14)17-8/h3,5-8,14-16H,1-2H2,(H2,10,12)/t5-,6+,7?,8-/m1/s1/i2D2,3D,5D,6D. The van der Waals surface area contributed by atoms with Crippen molar-refractivity contribution in [2.24, 2.45) is 15.7 Å². The molecule has 0 aromatic carbocycles. The van der Waals surface area contributed by atoms with Crippen molar-refractivity contribution in [2.45, 2.75) is 24.5 Å². The van der Waals surface area contributed by atoms with Crippen molar-refractivity contribution < 1.29 is 26.9 Å². The van der Waals surface area contributed by atoms with Crippen molar-refractivity contribution >= 4 is 12.3 Å². The molecule has 0 aliphatic carbocycles. The highest BCUT2D eigenvalue weighted by molar-refractivity contribution is 5.89. The molecule has 0 aromatic rings. The highest BCUT2D eigenvalue weighted by atomic mass is 16.6. The summed E-state index contributed by atoms with van der Waals surface area (Å²) >= 11 is 0. The Morgan fingerprint density at radius 1 is 1.76 bits per heavy atom. The lowest BCUT2D eigenvalue weighted by atomic mass is 10.1. The molecule has 0 spiro atoms. The molecule has 0 radical (unpaired) electrons. The van der Waals surface area contributed by atoms with Gasteiger partial charge in [-0.25, -0.2) is 4.99 Å². The second kappa shape index (κ2) is 4.41. The molecule has 2 aliphatic heterocycles. The number of guanidine groups is 1. The number of amidine groups is 1. The van der Waals surface area contributed by atoms with Crippen LogP contribution in [0.3, 0.4) is 0 Å². The summed E-state index contributed by atoms with van der Waals surface area (Å²) in [4.78, 5) is 7.81. The second-order valence-electron chi connectivity index (χ2n) is 3.25. The SMILES string of the molecule is [2H]C1=NC(N)=NC(=C)N1[C@@H]1O[C@]([2H])(C([2H])([2H])O)[C@]([2H])(O)C1O. The molecule has 5 N–H and O–H groups in total. The van der Waals surface area contributed by atoms with Gasteiger partial charge in [-0.2, -0.15) is 4.99 Å². The Kier molecular flexibility index (Phi) is 1.83. The van der Waals surface area contributed by atoms with Crippen LogP contribution in [-0.2, 0) is 4.74 Å². The molecule has 17 heavy (non-hydrogen) atoms. The summed E-state index contributed by atoms with van der Waals surface area (Å²) in [7, 11) is 0. The van der Waals surface area contributed by atoms with Crippen LogP contribution in [-0.4, -0.2) is 63.5 Å². The summed E-state index contributed by atoms with van der Waals surface area (Å²) in [6, 6.07) is 0. The summed E-state index contributed by atoms with van der Waals surface area (Å²) in [5.74, 6) is -0.533. The number of aliphatic hydroxyl groups excluding tert-OH is 1. The molecule has 8 nitrogen and oxygen atoms in total. The molecule has 0 aromatic heterocycles. The summed E-state index contributed by atoms with van der Waals surface area (Å²) in [5.41, 5.74) is 5.32. The maximum atomic E-state index is 10.0. The van der Waals surface area contributed by atoms with Crippen molar-refractivity contribution in [3.05, 3.63) is 12.4 Å². The van der Waals surface area contributed by atoms with Gasteiger partial charge in [0, 0.05) is 0 Å². The first-order valence-corrected chi connectivity index (χ1v) is 4.51. The van der Waals surface area contributed by atoms with E-state index >= 15 is 0 Å². The van der Waals surface area contributed by atoms with Crippen LogP contribution in [0.2, 0.25) is 0 Å². The molecular weight excluding hydrogens is 228 g/mol. The number of ether oxygens (including phenoxy) is 1. The predicted octanol–water partition coefficient (Wildman–Crippen LogP) is -2.44. The third-order valence-electron chi connectivity index (χ3n) is 2.17. The van der Waals surface area contributed by atoms with Gasteiger partial charge in [-0.05, 0) is 0 Å². The number of hydrogen-bond acceptors (Lipinski definition) is 8. The second-order valence-corrected chi connectivity index (χ2v) is 3.25. The average Bonchev–Trinajstić information content (AvgIpc) is 2.49. The molecular formula is C9H14N4O4. The first-order valence-electron chi connectivity index (χ1n) is 7.01. The van der Waals surface area contributed by atoms with E-state index in [9.17, 15) is 15.3 Å². The Labute approximate surface area is 104 Å². The fraction of sp³-hybridized carbons (Fsp3) is 0.556. The lowest BCUT2D eigenvalue weighted by molar-refractivity contribution is -0.0607. The Bertz CT molecular complexity index is 577. The summed E-state index contributed by atoms with van der Waals surface area (Å²) in [5, 5.41) is 29.3. The van der Waals surface area contributed by atoms with Gasteiger partial charge in [0.1, 0.15) is 31.8 Å². The van der Waals surface area contributed by atoms with Gasteiger partial charge in [-0.1, -0.05) is 6.58 Å². The third-order valence-corrected chi connectivity index (χ3v) is 2.17. The molecule has 8 heteroatoms. The van der Waals surface area contributed by atoms with E-state index < -0.39 is 37.4 Å². The molecule has 94 valence electrons. The Hall–Kier alpha value is -1.48. The zero-order chi connectivity index (χ0) is 17.1. The Morgan fingerprint density at radius 3 is 3.00 bits per heavy atom. The molecule has 2 rings (SSSR count). The summed E-state index contributed by atoms with van der Waals surface area (Å²) < 4.78 is 42.2. The maximum absolute atomic E-state index is 10.0. The molecule has 1 fully saturated rings. The maximum Gasteiger partial charge on any atom is 0.223 e. The normalized spacial score (nSPS) is 51.8. The van der Waals surface area contributed by atoms with Gasteiger partial charge in [0.05, 0.1) is 12.0 Å². The number of aliphatic imine (C=N–C) groups is 2. The van der Waals surface area contributed by atoms with Crippen LogP contribution in [0, 0.1) is 0 Å². The zero-order valence-electron chi connectivity index (χ0n) is 13.5. The van der Waals surface area contributed by atoms with Crippen LogP contribution in [0.4, 0.5) is 0 Å².